The van der Waals surface area contributed by atoms with E-state index in [-0.39, 0.29) is 12.4 Å². The molecule has 0 aromatic heterocycles. The van der Waals surface area contributed by atoms with Crippen molar-refractivity contribution < 1.29 is 9.47 Å². The summed E-state index contributed by atoms with van der Waals surface area (Å²) in [6.45, 7) is 9.56. The average molecular weight is 226 g/mol. The van der Waals surface area contributed by atoms with Crippen molar-refractivity contribution in [2.24, 2.45) is 0 Å². The Morgan fingerprint density at radius 2 is 2.07 bits per heavy atom. The molecule has 0 aliphatic carbocycles. The summed E-state index contributed by atoms with van der Waals surface area (Å²) in [5, 5.41) is 0. The maximum absolute atomic E-state index is 5.71. The van der Waals surface area contributed by atoms with E-state index in [1.807, 2.05) is 6.92 Å². The third kappa shape index (κ3) is 5.98. The van der Waals surface area contributed by atoms with Crippen LogP contribution in [0.4, 0.5) is 0 Å². The molecule has 0 aromatic carbocycles. The van der Waals surface area contributed by atoms with E-state index in [2.05, 4.69) is 31.1 Å². The standard InChI is InChI=1S/C12H22O2Si/c1-11(8-10-15(2,3)4)14-12-7-5-6-9-13-12/h11-12H,5-7,9H2,1-4H3. The second-order valence-electron chi connectivity index (χ2n) is 5.09. The maximum Gasteiger partial charge on any atom is 0.159 e. The Kier molecular flexibility index (Phi) is 4.84. The third-order valence-electron chi connectivity index (χ3n) is 2.14. The lowest BCUT2D eigenvalue weighted by molar-refractivity contribution is -0.173. The molecule has 1 saturated heterocycles. The molecule has 86 valence electrons. The maximum atomic E-state index is 5.71. The molecule has 0 amide bonds. The molecule has 0 bridgehead atoms. The second-order valence-corrected chi connectivity index (χ2v) is 9.84. The fourth-order valence-corrected chi connectivity index (χ4v) is 2.03. The van der Waals surface area contributed by atoms with Crippen molar-refractivity contribution in [1.29, 1.82) is 0 Å². The minimum atomic E-state index is -1.27. The predicted molar refractivity (Wildman–Crippen MR) is 65.3 cm³/mol. The Labute approximate surface area is 94.4 Å². The lowest BCUT2D eigenvalue weighted by Crippen LogP contribution is -2.26. The van der Waals surface area contributed by atoms with E-state index in [1.54, 1.807) is 0 Å². The van der Waals surface area contributed by atoms with Crippen molar-refractivity contribution in [2.75, 3.05) is 6.61 Å². The van der Waals surface area contributed by atoms with Crippen LogP contribution in [-0.4, -0.2) is 27.1 Å². The van der Waals surface area contributed by atoms with Gasteiger partial charge in [0.1, 0.15) is 14.2 Å². The van der Waals surface area contributed by atoms with Gasteiger partial charge in [-0.1, -0.05) is 25.6 Å². The van der Waals surface area contributed by atoms with Crippen LogP contribution >= 0.6 is 0 Å². The van der Waals surface area contributed by atoms with Crippen LogP contribution in [0.5, 0.6) is 0 Å². The van der Waals surface area contributed by atoms with E-state index in [0.29, 0.717) is 0 Å². The summed E-state index contributed by atoms with van der Waals surface area (Å²) in [6, 6.07) is 0. The number of ether oxygens (including phenoxy) is 2. The first kappa shape index (κ1) is 12.8. The van der Waals surface area contributed by atoms with Gasteiger partial charge in [-0.05, 0) is 26.2 Å². The van der Waals surface area contributed by atoms with E-state index in [1.165, 1.54) is 6.42 Å². The Bertz CT molecular complexity index is 241. The van der Waals surface area contributed by atoms with E-state index in [9.17, 15) is 0 Å². The Morgan fingerprint density at radius 1 is 1.33 bits per heavy atom. The van der Waals surface area contributed by atoms with Gasteiger partial charge in [0.15, 0.2) is 6.29 Å². The highest BCUT2D eigenvalue weighted by Crippen LogP contribution is 2.15. The first-order valence-corrected chi connectivity index (χ1v) is 9.27. The molecule has 1 rings (SSSR count). The van der Waals surface area contributed by atoms with Gasteiger partial charge in [-0.25, -0.2) is 0 Å². The number of rotatable bonds is 2. The molecular formula is C12H22O2Si. The van der Waals surface area contributed by atoms with Crippen molar-refractivity contribution in [1.82, 2.24) is 0 Å². The summed E-state index contributed by atoms with van der Waals surface area (Å²) >= 11 is 0. The van der Waals surface area contributed by atoms with Crippen LogP contribution in [0.2, 0.25) is 19.6 Å². The molecule has 2 nitrogen and oxygen atoms in total. The second kappa shape index (κ2) is 5.69. The monoisotopic (exact) mass is 226 g/mol. The molecule has 2 unspecified atom stereocenters. The van der Waals surface area contributed by atoms with Crippen LogP contribution in [0.1, 0.15) is 26.2 Å². The Balaban J connectivity index is 2.33. The van der Waals surface area contributed by atoms with Gasteiger partial charge in [0.25, 0.3) is 0 Å². The van der Waals surface area contributed by atoms with E-state index >= 15 is 0 Å². The van der Waals surface area contributed by atoms with E-state index in [4.69, 9.17) is 9.47 Å². The largest absolute Gasteiger partial charge is 0.353 e. The molecular weight excluding hydrogens is 204 g/mol. The zero-order valence-electron chi connectivity index (χ0n) is 10.3. The smallest absolute Gasteiger partial charge is 0.159 e. The lowest BCUT2D eigenvalue weighted by Gasteiger charge is -2.24. The van der Waals surface area contributed by atoms with Crippen LogP contribution < -0.4 is 0 Å². The molecule has 0 aromatic rings. The topological polar surface area (TPSA) is 18.5 Å². The first-order chi connectivity index (χ1) is 6.97. The van der Waals surface area contributed by atoms with Gasteiger partial charge in [0, 0.05) is 6.61 Å². The summed E-state index contributed by atoms with van der Waals surface area (Å²) in [7, 11) is -1.27. The molecule has 1 heterocycles. The molecule has 3 heteroatoms. The van der Waals surface area contributed by atoms with Gasteiger partial charge in [0.2, 0.25) is 0 Å². The minimum Gasteiger partial charge on any atom is -0.353 e. The molecule has 0 saturated carbocycles. The van der Waals surface area contributed by atoms with Gasteiger partial charge in [-0.2, -0.15) is 0 Å². The zero-order valence-corrected chi connectivity index (χ0v) is 11.3. The Hall–Kier alpha value is -0.303. The average Bonchev–Trinajstić information content (AvgIpc) is 2.15. The Morgan fingerprint density at radius 3 is 2.60 bits per heavy atom. The van der Waals surface area contributed by atoms with E-state index < -0.39 is 8.07 Å². The summed E-state index contributed by atoms with van der Waals surface area (Å²) in [6.07, 6.45) is 3.36. The summed E-state index contributed by atoms with van der Waals surface area (Å²) < 4.78 is 11.2. The van der Waals surface area contributed by atoms with Crippen LogP contribution in [-0.2, 0) is 9.47 Å². The normalized spacial score (nSPS) is 24.1. The summed E-state index contributed by atoms with van der Waals surface area (Å²) in [5.41, 5.74) is 3.32. The van der Waals surface area contributed by atoms with Crippen LogP contribution in [0, 0.1) is 11.5 Å². The summed E-state index contributed by atoms with van der Waals surface area (Å²) in [5.74, 6) is 3.18. The quantitative estimate of drug-likeness (QED) is 0.532. The number of hydrogen-bond donors (Lipinski definition) is 0. The highest BCUT2D eigenvalue weighted by atomic mass is 28.3. The number of hydrogen-bond acceptors (Lipinski definition) is 2. The fourth-order valence-electron chi connectivity index (χ4n) is 1.40. The molecule has 0 spiro atoms. The van der Waals surface area contributed by atoms with Crippen molar-refractivity contribution >= 4 is 8.07 Å². The third-order valence-corrected chi connectivity index (χ3v) is 3.04. The minimum absolute atomic E-state index is 0.000162. The van der Waals surface area contributed by atoms with Crippen molar-refractivity contribution in [3.05, 3.63) is 0 Å². The van der Waals surface area contributed by atoms with E-state index in [0.717, 1.165) is 19.4 Å². The molecule has 15 heavy (non-hydrogen) atoms. The SMILES string of the molecule is CC(C#C[Si](C)(C)C)OC1CCCCO1. The fraction of sp³-hybridized carbons (Fsp3) is 0.833. The zero-order chi connectivity index (χ0) is 11.3. The molecule has 1 fully saturated rings. The summed E-state index contributed by atoms with van der Waals surface area (Å²) in [4.78, 5) is 0. The van der Waals surface area contributed by atoms with Crippen molar-refractivity contribution in [2.45, 2.75) is 58.2 Å². The first-order valence-electron chi connectivity index (χ1n) is 5.77. The molecule has 0 radical (unpaired) electrons. The molecule has 2 atom stereocenters. The van der Waals surface area contributed by atoms with Crippen LogP contribution in [0.15, 0.2) is 0 Å². The van der Waals surface area contributed by atoms with Gasteiger partial charge >= 0.3 is 0 Å². The highest BCUT2D eigenvalue weighted by molar-refractivity contribution is 6.83. The molecule has 1 aliphatic heterocycles. The van der Waals surface area contributed by atoms with Gasteiger partial charge in [-0.15, -0.1) is 5.54 Å². The van der Waals surface area contributed by atoms with Gasteiger partial charge < -0.3 is 9.47 Å². The van der Waals surface area contributed by atoms with Crippen LogP contribution in [0.25, 0.3) is 0 Å². The van der Waals surface area contributed by atoms with Crippen LogP contribution in [0.3, 0.4) is 0 Å². The van der Waals surface area contributed by atoms with Crippen molar-refractivity contribution in [3.8, 4) is 11.5 Å². The molecule has 1 aliphatic rings. The predicted octanol–water partition coefficient (Wildman–Crippen LogP) is 2.80. The van der Waals surface area contributed by atoms with Gasteiger partial charge in [-0.3, -0.25) is 0 Å². The lowest BCUT2D eigenvalue weighted by atomic mass is 10.2. The molecule has 0 N–H and O–H groups in total. The van der Waals surface area contributed by atoms with Crippen molar-refractivity contribution in [3.63, 3.8) is 0 Å². The van der Waals surface area contributed by atoms with Gasteiger partial charge in [0.05, 0.1) is 0 Å². The highest BCUT2D eigenvalue weighted by Gasteiger charge is 2.16.